The van der Waals surface area contributed by atoms with Crippen LogP contribution in [-0.4, -0.2) is 24.0 Å². The molecule has 1 saturated heterocycles. The molecule has 2 aliphatic rings. The fourth-order valence-electron chi connectivity index (χ4n) is 3.48. The molecule has 1 saturated carbocycles. The number of rotatable bonds is 4. The summed E-state index contributed by atoms with van der Waals surface area (Å²) in [7, 11) is 0. The fraction of sp³-hybridized carbons (Fsp3) is 0.625. The summed E-state index contributed by atoms with van der Waals surface area (Å²) in [6, 6.07) is 4.09. The molecule has 0 aromatic carbocycles. The van der Waals surface area contributed by atoms with Crippen molar-refractivity contribution in [3.05, 3.63) is 30.1 Å². The van der Waals surface area contributed by atoms with Gasteiger partial charge in [-0.25, -0.2) is 0 Å². The molecule has 124 valence electrons. The first-order chi connectivity index (χ1) is 9.75. The lowest BCUT2D eigenvalue weighted by atomic mass is 9.91. The molecule has 1 aliphatic heterocycles. The van der Waals surface area contributed by atoms with E-state index in [-0.39, 0.29) is 42.7 Å². The molecule has 2 N–H and O–H groups in total. The highest BCUT2D eigenvalue weighted by Gasteiger charge is 2.57. The van der Waals surface area contributed by atoms with Crippen LogP contribution in [0.5, 0.6) is 0 Å². The number of nitrogens with zero attached hydrogens (tertiary/aromatic N) is 1. The predicted molar refractivity (Wildman–Crippen MR) is 92.6 cm³/mol. The summed E-state index contributed by atoms with van der Waals surface area (Å²) in [6.07, 6.45) is 7.86. The second kappa shape index (κ2) is 8.14. The Labute approximate surface area is 144 Å². The van der Waals surface area contributed by atoms with Gasteiger partial charge in [0, 0.05) is 18.3 Å². The number of pyridine rings is 1. The third kappa shape index (κ3) is 3.92. The molecule has 4 nitrogen and oxygen atoms in total. The van der Waals surface area contributed by atoms with Crippen molar-refractivity contribution < 1.29 is 4.79 Å². The van der Waals surface area contributed by atoms with Crippen molar-refractivity contribution in [2.45, 2.75) is 38.6 Å². The van der Waals surface area contributed by atoms with Gasteiger partial charge in [-0.3, -0.25) is 9.78 Å². The van der Waals surface area contributed by atoms with E-state index < -0.39 is 0 Å². The molecule has 2 atom stereocenters. The molecule has 0 bridgehead atoms. The number of hydrogen-bond donors (Lipinski definition) is 2. The Balaban J connectivity index is 0.00000121. The highest BCUT2D eigenvalue weighted by atomic mass is 35.5. The van der Waals surface area contributed by atoms with Crippen molar-refractivity contribution in [3.8, 4) is 0 Å². The molecule has 1 aliphatic carbocycles. The molecule has 6 heteroatoms. The van der Waals surface area contributed by atoms with Gasteiger partial charge >= 0.3 is 0 Å². The summed E-state index contributed by atoms with van der Waals surface area (Å²) in [5, 5.41) is 6.61. The standard InChI is InChI=1S/C16H23N3O.2ClH/c1-2-14(12-3-7-17-8-4-12)19-15(20)13-11-16(13)5-9-18-10-6-16;;/h3-4,7-8,13-14,18H,2,5-6,9-11H2,1H3,(H,19,20);2*1H. The third-order valence-corrected chi connectivity index (χ3v) is 4.94. The van der Waals surface area contributed by atoms with Crippen LogP contribution < -0.4 is 10.6 Å². The predicted octanol–water partition coefficient (Wildman–Crippen LogP) is 2.88. The summed E-state index contributed by atoms with van der Waals surface area (Å²) in [5.74, 6) is 0.482. The van der Waals surface area contributed by atoms with E-state index in [1.165, 1.54) is 0 Å². The van der Waals surface area contributed by atoms with Gasteiger partial charge in [0.2, 0.25) is 5.91 Å². The normalized spacial score (nSPS) is 22.9. The van der Waals surface area contributed by atoms with E-state index in [0.29, 0.717) is 5.41 Å². The molecule has 22 heavy (non-hydrogen) atoms. The Morgan fingerprint density at radius 1 is 1.36 bits per heavy atom. The maximum Gasteiger partial charge on any atom is 0.224 e. The first kappa shape index (κ1) is 19.2. The Morgan fingerprint density at radius 3 is 2.59 bits per heavy atom. The van der Waals surface area contributed by atoms with Crippen LogP contribution in [0.3, 0.4) is 0 Å². The quantitative estimate of drug-likeness (QED) is 0.882. The minimum absolute atomic E-state index is 0. The molecule has 2 heterocycles. The number of halogens is 2. The van der Waals surface area contributed by atoms with E-state index in [1.54, 1.807) is 12.4 Å². The van der Waals surface area contributed by atoms with Crippen molar-refractivity contribution in [1.29, 1.82) is 0 Å². The van der Waals surface area contributed by atoms with Crippen LogP contribution in [0.4, 0.5) is 0 Å². The van der Waals surface area contributed by atoms with Crippen LogP contribution in [-0.2, 0) is 4.79 Å². The van der Waals surface area contributed by atoms with Gasteiger partial charge in [0.15, 0.2) is 0 Å². The number of hydrogen-bond acceptors (Lipinski definition) is 3. The SMILES string of the molecule is CCC(NC(=O)C1CC12CCNCC2)c1ccncc1.Cl.Cl. The van der Waals surface area contributed by atoms with Gasteiger partial charge in [0.1, 0.15) is 0 Å². The summed E-state index contributed by atoms with van der Waals surface area (Å²) in [5.41, 5.74) is 1.46. The smallest absolute Gasteiger partial charge is 0.224 e. The Kier molecular flexibility index (Phi) is 7.10. The summed E-state index contributed by atoms with van der Waals surface area (Å²) < 4.78 is 0. The largest absolute Gasteiger partial charge is 0.349 e. The van der Waals surface area contributed by atoms with Crippen LogP contribution in [0.25, 0.3) is 0 Å². The zero-order valence-electron chi connectivity index (χ0n) is 12.9. The van der Waals surface area contributed by atoms with E-state index in [0.717, 1.165) is 44.3 Å². The van der Waals surface area contributed by atoms with Crippen molar-refractivity contribution in [2.24, 2.45) is 11.3 Å². The van der Waals surface area contributed by atoms with E-state index in [9.17, 15) is 4.79 Å². The zero-order valence-corrected chi connectivity index (χ0v) is 14.5. The molecular weight excluding hydrogens is 321 g/mol. The monoisotopic (exact) mass is 345 g/mol. The molecule has 1 spiro atoms. The minimum atomic E-state index is 0. The topological polar surface area (TPSA) is 54.0 Å². The van der Waals surface area contributed by atoms with Crippen LogP contribution in [0.15, 0.2) is 24.5 Å². The second-order valence-electron chi connectivity index (χ2n) is 6.12. The van der Waals surface area contributed by atoms with Gasteiger partial charge in [0.05, 0.1) is 6.04 Å². The number of aromatic nitrogens is 1. The molecule has 1 aromatic rings. The zero-order chi connectivity index (χ0) is 14.0. The molecular formula is C16H25Cl2N3O. The van der Waals surface area contributed by atoms with E-state index in [4.69, 9.17) is 0 Å². The molecule has 2 unspecified atom stereocenters. The van der Waals surface area contributed by atoms with Gasteiger partial charge in [-0.15, -0.1) is 24.8 Å². The number of amides is 1. The Hall–Kier alpha value is -0.840. The van der Waals surface area contributed by atoms with Crippen LogP contribution in [0.1, 0.15) is 44.2 Å². The molecule has 1 amide bonds. The summed E-state index contributed by atoms with van der Waals surface area (Å²) >= 11 is 0. The van der Waals surface area contributed by atoms with Gasteiger partial charge in [0.25, 0.3) is 0 Å². The average molecular weight is 346 g/mol. The summed E-state index contributed by atoms with van der Waals surface area (Å²) in [6.45, 7) is 4.23. The van der Waals surface area contributed by atoms with Gasteiger partial charge < -0.3 is 10.6 Å². The van der Waals surface area contributed by atoms with Crippen molar-refractivity contribution in [3.63, 3.8) is 0 Å². The number of carbonyl (C=O) groups excluding carboxylic acids is 1. The van der Waals surface area contributed by atoms with E-state index in [2.05, 4.69) is 22.5 Å². The van der Waals surface area contributed by atoms with Crippen LogP contribution in [0, 0.1) is 11.3 Å². The van der Waals surface area contributed by atoms with Crippen molar-refractivity contribution >= 4 is 30.7 Å². The van der Waals surface area contributed by atoms with Gasteiger partial charge in [-0.05, 0) is 61.9 Å². The first-order valence-corrected chi connectivity index (χ1v) is 7.66. The van der Waals surface area contributed by atoms with Crippen molar-refractivity contribution in [2.75, 3.05) is 13.1 Å². The Morgan fingerprint density at radius 2 is 2.00 bits per heavy atom. The van der Waals surface area contributed by atoms with Crippen molar-refractivity contribution in [1.82, 2.24) is 15.6 Å². The highest BCUT2D eigenvalue weighted by molar-refractivity contribution is 5.85. The number of carbonyl (C=O) groups is 1. The molecule has 0 radical (unpaired) electrons. The lowest BCUT2D eigenvalue weighted by Gasteiger charge is -2.24. The van der Waals surface area contributed by atoms with Gasteiger partial charge in [-0.1, -0.05) is 6.92 Å². The molecule has 3 rings (SSSR count). The summed E-state index contributed by atoms with van der Waals surface area (Å²) in [4.78, 5) is 16.5. The average Bonchev–Trinajstić information content (AvgIpc) is 3.19. The minimum Gasteiger partial charge on any atom is -0.349 e. The maximum atomic E-state index is 12.5. The number of piperidine rings is 1. The van der Waals surface area contributed by atoms with Gasteiger partial charge in [-0.2, -0.15) is 0 Å². The third-order valence-electron chi connectivity index (χ3n) is 4.94. The molecule has 2 fully saturated rings. The van der Waals surface area contributed by atoms with E-state index >= 15 is 0 Å². The number of nitrogens with one attached hydrogen (secondary N) is 2. The second-order valence-corrected chi connectivity index (χ2v) is 6.12. The van der Waals surface area contributed by atoms with Crippen LogP contribution >= 0.6 is 24.8 Å². The lowest BCUT2D eigenvalue weighted by Crippen LogP contribution is -2.35. The molecule has 1 aromatic heterocycles. The van der Waals surface area contributed by atoms with E-state index in [1.807, 2.05) is 12.1 Å². The first-order valence-electron chi connectivity index (χ1n) is 7.66. The maximum absolute atomic E-state index is 12.5. The highest BCUT2D eigenvalue weighted by Crippen LogP contribution is 2.58. The fourth-order valence-corrected chi connectivity index (χ4v) is 3.48. The van der Waals surface area contributed by atoms with Crippen LogP contribution in [0.2, 0.25) is 0 Å². The Bertz CT molecular complexity index is 478. The lowest BCUT2D eigenvalue weighted by molar-refractivity contribution is -0.124.